The number of piperidine rings is 1. The van der Waals surface area contributed by atoms with Gasteiger partial charge in [0.2, 0.25) is 0 Å². The van der Waals surface area contributed by atoms with Gasteiger partial charge in [-0.15, -0.1) is 0 Å². The molecule has 1 aromatic heterocycles. The third kappa shape index (κ3) is 3.31. The van der Waals surface area contributed by atoms with Crippen molar-refractivity contribution < 1.29 is 0 Å². The third-order valence-corrected chi connectivity index (χ3v) is 4.56. The molecule has 20 heavy (non-hydrogen) atoms. The van der Waals surface area contributed by atoms with Crippen LogP contribution in [-0.2, 0) is 5.75 Å². The minimum absolute atomic E-state index is 0.945. The maximum atomic E-state index is 4.56. The van der Waals surface area contributed by atoms with Crippen molar-refractivity contribution in [3.05, 3.63) is 48.3 Å². The van der Waals surface area contributed by atoms with E-state index in [0.717, 1.165) is 29.7 Å². The van der Waals surface area contributed by atoms with E-state index in [1.807, 2.05) is 0 Å². The SMILES string of the molecule is c1ccc(CSc2nccnc2N2CCCCC2)cc1. The smallest absolute Gasteiger partial charge is 0.161 e. The number of nitrogens with zero attached hydrogens (tertiary/aromatic N) is 3. The Morgan fingerprint density at radius 2 is 1.70 bits per heavy atom. The second kappa shape index (κ2) is 6.75. The summed E-state index contributed by atoms with van der Waals surface area (Å²) >= 11 is 1.78. The van der Waals surface area contributed by atoms with Gasteiger partial charge in [-0.2, -0.15) is 0 Å². The Balaban J connectivity index is 1.72. The lowest BCUT2D eigenvalue weighted by Crippen LogP contribution is -2.30. The Kier molecular flexibility index (Phi) is 4.53. The summed E-state index contributed by atoms with van der Waals surface area (Å²) in [4.78, 5) is 11.5. The molecule has 1 fully saturated rings. The lowest BCUT2D eigenvalue weighted by molar-refractivity contribution is 0.568. The van der Waals surface area contributed by atoms with Crippen LogP contribution in [0.3, 0.4) is 0 Å². The van der Waals surface area contributed by atoms with Gasteiger partial charge in [-0.25, -0.2) is 9.97 Å². The molecule has 1 aliphatic heterocycles. The van der Waals surface area contributed by atoms with Crippen LogP contribution in [0.1, 0.15) is 24.8 Å². The molecule has 4 heteroatoms. The molecule has 0 atom stereocenters. The molecule has 0 unspecified atom stereocenters. The van der Waals surface area contributed by atoms with Crippen molar-refractivity contribution in [1.29, 1.82) is 0 Å². The summed E-state index contributed by atoms with van der Waals surface area (Å²) in [6.07, 6.45) is 7.46. The lowest BCUT2D eigenvalue weighted by atomic mass is 10.1. The highest BCUT2D eigenvalue weighted by molar-refractivity contribution is 7.98. The van der Waals surface area contributed by atoms with Crippen LogP contribution in [-0.4, -0.2) is 23.1 Å². The highest BCUT2D eigenvalue weighted by Crippen LogP contribution is 2.29. The summed E-state index contributed by atoms with van der Waals surface area (Å²) < 4.78 is 0. The number of aromatic nitrogens is 2. The van der Waals surface area contributed by atoms with Crippen LogP contribution in [0.5, 0.6) is 0 Å². The van der Waals surface area contributed by atoms with Gasteiger partial charge in [-0.3, -0.25) is 0 Å². The molecule has 2 heterocycles. The third-order valence-electron chi connectivity index (χ3n) is 3.52. The molecule has 104 valence electrons. The highest BCUT2D eigenvalue weighted by atomic mass is 32.2. The van der Waals surface area contributed by atoms with Crippen molar-refractivity contribution in [3.63, 3.8) is 0 Å². The van der Waals surface area contributed by atoms with Gasteiger partial charge < -0.3 is 4.90 Å². The first-order valence-electron chi connectivity index (χ1n) is 7.16. The zero-order valence-corrected chi connectivity index (χ0v) is 12.4. The van der Waals surface area contributed by atoms with Crippen LogP contribution in [0.2, 0.25) is 0 Å². The molecule has 0 radical (unpaired) electrons. The average molecular weight is 285 g/mol. The van der Waals surface area contributed by atoms with Gasteiger partial charge in [0.05, 0.1) is 0 Å². The molecule has 0 amide bonds. The summed E-state index contributed by atoms with van der Waals surface area (Å²) in [5.41, 5.74) is 1.33. The number of hydrogen-bond donors (Lipinski definition) is 0. The molecule has 0 spiro atoms. The van der Waals surface area contributed by atoms with E-state index in [4.69, 9.17) is 0 Å². The zero-order chi connectivity index (χ0) is 13.6. The quantitative estimate of drug-likeness (QED) is 0.800. The molecular weight excluding hydrogens is 266 g/mol. The molecule has 0 bridgehead atoms. The first-order chi connectivity index (χ1) is 9.93. The second-order valence-electron chi connectivity index (χ2n) is 5.01. The van der Waals surface area contributed by atoms with Crippen molar-refractivity contribution in [2.45, 2.75) is 30.0 Å². The summed E-state index contributed by atoms with van der Waals surface area (Å²) in [7, 11) is 0. The van der Waals surface area contributed by atoms with E-state index in [1.165, 1.54) is 24.8 Å². The minimum atomic E-state index is 0.945. The summed E-state index contributed by atoms with van der Waals surface area (Å²) in [6, 6.07) is 10.5. The molecule has 0 saturated carbocycles. The Morgan fingerprint density at radius 3 is 2.50 bits per heavy atom. The highest BCUT2D eigenvalue weighted by Gasteiger charge is 2.16. The first-order valence-corrected chi connectivity index (χ1v) is 8.15. The van der Waals surface area contributed by atoms with E-state index in [2.05, 4.69) is 45.2 Å². The van der Waals surface area contributed by atoms with E-state index in [9.17, 15) is 0 Å². The Hall–Kier alpha value is -1.55. The fraction of sp³-hybridized carbons (Fsp3) is 0.375. The molecular formula is C16H19N3S. The Morgan fingerprint density at radius 1 is 0.950 bits per heavy atom. The standard InChI is InChI=1S/C16H19N3S/c1-3-7-14(8-4-1)13-20-16-15(17-9-10-18-16)19-11-5-2-6-12-19/h1,3-4,7-10H,2,5-6,11-13H2. The second-order valence-corrected chi connectivity index (χ2v) is 5.97. The van der Waals surface area contributed by atoms with E-state index in [-0.39, 0.29) is 0 Å². The van der Waals surface area contributed by atoms with Crippen LogP contribution >= 0.6 is 11.8 Å². The van der Waals surface area contributed by atoms with Crippen molar-refractivity contribution in [1.82, 2.24) is 9.97 Å². The molecule has 0 aliphatic carbocycles. The lowest BCUT2D eigenvalue weighted by Gasteiger charge is -2.28. The average Bonchev–Trinajstić information content (AvgIpc) is 2.55. The maximum absolute atomic E-state index is 4.56. The van der Waals surface area contributed by atoms with Crippen molar-refractivity contribution >= 4 is 17.6 Å². The number of benzene rings is 1. The summed E-state index contributed by atoms with van der Waals surface area (Å²) in [5, 5.41) is 1.05. The normalized spacial score (nSPS) is 15.3. The molecule has 1 aliphatic rings. The van der Waals surface area contributed by atoms with E-state index in [0.29, 0.717) is 0 Å². The van der Waals surface area contributed by atoms with Crippen LogP contribution in [0.4, 0.5) is 5.82 Å². The molecule has 2 aromatic rings. The van der Waals surface area contributed by atoms with Gasteiger partial charge in [0.15, 0.2) is 5.82 Å². The molecule has 0 N–H and O–H groups in total. The van der Waals surface area contributed by atoms with Crippen LogP contribution in [0.15, 0.2) is 47.8 Å². The maximum Gasteiger partial charge on any atom is 0.161 e. The number of rotatable bonds is 4. The fourth-order valence-electron chi connectivity index (χ4n) is 2.47. The van der Waals surface area contributed by atoms with Crippen molar-refractivity contribution in [3.8, 4) is 0 Å². The predicted molar refractivity (Wildman–Crippen MR) is 84.1 cm³/mol. The Bertz CT molecular complexity index is 538. The predicted octanol–water partition coefficient (Wildman–Crippen LogP) is 3.76. The van der Waals surface area contributed by atoms with Gasteiger partial charge >= 0.3 is 0 Å². The Labute approximate surface area is 124 Å². The molecule has 3 rings (SSSR count). The molecule has 1 saturated heterocycles. The molecule has 3 nitrogen and oxygen atoms in total. The first kappa shape index (κ1) is 13.4. The van der Waals surface area contributed by atoms with Crippen molar-refractivity contribution in [2.24, 2.45) is 0 Å². The van der Waals surface area contributed by atoms with Crippen LogP contribution in [0.25, 0.3) is 0 Å². The number of thioether (sulfide) groups is 1. The van der Waals surface area contributed by atoms with Crippen LogP contribution in [0, 0.1) is 0 Å². The zero-order valence-electron chi connectivity index (χ0n) is 11.5. The monoisotopic (exact) mass is 285 g/mol. The van der Waals surface area contributed by atoms with Gasteiger partial charge in [0, 0.05) is 31.2 Å². The van der Waals surface area contributed by atoms with E-state index >= 15 is 0 Å². The summed E-state index contributed by atoms with van der Waals surface area (Å²) in [5.74, 6) is 2.01. The largest absolute Gasteiger partial charge is 0.354 e. The van der Waals surface area contributed by atoms with Crippen molar-refractivity contribution in [2.75, 3.05) is 18.0 Å². The van der Waals surface area contributed by atoms with E-state index in [1.54, 1.807) is 24.2 Å². The van der Waals surface area contributed by atoms with Gasteiger partial charge in [0.25, 0.3) is 0 Å². The minimum Gasteiger partial charge on any atom is -0.354 e. The topological polar surface area (TPSA) is 29.0 Å². The van der Waals surface area contributed by atoms with E-state index < -0.39 is 0 Å². The number of anilines is 1. The fourth-order valence-corrected chi connectivity index (χ4v) is 3.41. The van der Waals surface area contributed by atoms with Crippen LogP contribution < -0.4 is 4.90 Å². The molecule has 1 aromatic carbocycles. The van der Waals surface area contributed by atoms with Gasteiger partial charge in [-0.05, 0) is 24.8 Å². The number of hydrogen-bond acceptors (Lipinski definition) is 4. The van der Waals surface area contributed by atoms with Gasteiger partial charge in [-0.1, -0.05) is 42.1 Å². The van der Waals surface area contributed by atoms with Gasteiger partial charge in [0.1, 0.15) is 5.03 Å². The summed E-state index contributed by atoms with van der Waals surface area (Å²) in [6.45, 7) is 2.22.